The summed E-state index contributed by atoms with van der Waals surface area (Å²) in [5, 5.41) is 18.4. The number of aromatic nitrogens is 4. The zero-order valence-corrected chi connectivity index (χ0v) is 23.3. The molecular weight excluding hydrogens is 504 g/mol. The fourth-order valence-corrected chi connectivity index (χ4v) is 5.47. The molecule has 2 aliphatic rings. The van der Waals surface area contributed by atoms with Gasteiger partial charge in [0.05, 0.1) is 22.8 Å². The van der Waals surface area contributed by atoms with Crippen molar-refractivity contribution < 1.29 is 19.8 Å². The lowest BCUT2D eigenvalue weighted by Gasteiger charge is -2.06. The van der Waals surface area contributed by atoms with Crippen LogP contribution < -0.4 is 0 Å². The second-order valence-corrected chi connectivity index (χ2v) is 10.7. The number of rotatable bonds is 8. The molecule has 5 rings (SSSR count). The molecule has 8 bridgehead atoms. The number of aromatic amines is 2. The largest absolute Gasteiger partial charge is 0.481 e. The number of nitrogens with zero attached hydrogens (tertiary/aromatic N) is 2. The molecule has 0 saturated carbocycles. The number of H-pyrrole nitrogens is 2. The summed E-state index contributed by atoms with van der Waals surface area (Å²) in [4.78, 5) is 39.5. The minimum absolute atomic E-state index is 0.0860. The molecule has 0 radical (unpaired) electrons. The van der Waals surface area contributed by atoms with E-state index >= 15 is 0 Å². The van der Waals surface area contributed by atoms with Crippen LogP contribution in [0.5, 0.6) is 0 Å². The smallest absolute Gasteiger partial charge is 0.303 e. The van der Waals surface area contributed by atoms with E-state index in [1.165, 1.54) is 0 Å². The predicted molar refractivity (Wildman–Crippen MR) is 158 cm³/mol. The second-order valence-electron chi connectivity index (χ2n) is 10.7. The maximum Gasteiger partial charge on any atom is 0.303 e. The van der Waals surface area contributed by atoms with Gasteiger partial charge in [0, 0.05) is 34.9 Å². The van der Waals surface area contributed by atoms with Crippen LogP contribution in [0.2, 0.25) is 0 Å². The number of nitrogens with one attached hydrogen (secondary N) is 2. The first-order chi connectivity index (χ1) is 19.1. The Bertz CT molecular complexity index is 1750. The fourth-order valence-electron chi connectivity index (χ4n) is 5.47. The molecule has 8 heteroatoms. The van der Waals surface area contributed by atoms with E-state index in [1.807, 2.05) is 26.0 Å². The molecule has 0 aromatic carbocycles. The average molecular weight is 539 g/mol. The number of carboxylic acid groups (broad SMARTS) is 2. The molecule has 206 valence electrons. The molecule has 40 heavy (non-hydrogen) atoms. The predicted octanol–water partition coefficient (Wildman–Crippen LogP) is 7.30. The third-order valence-corrected chi connectivity index (χ3v) is 7.71. The van der Waals surface area contributed by atoms with Gasteiger partial charge in [0.25, 0.3) is 0 Å². The van der Waals surface area contributed by atoms with Gasteiger partial charge in [-0.25, -0.2) is 9.97 Å². The Labute approximate surface area is 232 Å². The van der Waals surface area contributed by atoms with E-state index in [0.29, 0.717) is 25.7 Å². The molecule has 0 aliphatic carbocycles. The zero-order valence-electron chi connectivity index (χ0n) is 23.3. The molecule has 5 heterocycles. The highest BCUT2D eigenvalue weighted by atomic mass is 16.4. The summed E-state index contributed by atoms with van der Waals surface area (Å²) >= 11 is 0. The topological polar surface area (TPSA) is 132 Å². The van der Waals surface area contributed by atoms with Crippen molar-refractivity contribution in [2.45, 2.75) is 66.2 Å². The number of hydrogen-bond acceptors (Lipinski definition) is 4. The van der Waals surface area contributed by atoms with Crippen LogP contribution in [0.4, 0.5) is 0 Å². The monoisotopic (exact) mass is 538 g/mol. The van der Waals surface area contributed by atoms with Gasteiger partial charge < -0.3 is 20.2 Å². The van der Waals surface area contributed by atoms with Crippen molar-refractivity contribution in [1.29, 1.82) is 0 Å². The van der Waals surface area contributed by atoms with E-state index < -0.39 is 11.9 Å². The van der Waals surface area contributed by atoms with E-state index in [9.17, 15) is 19.8 Å². The minimum Gasteiger partial charge on any atom is -0.481 e. The van der Waals surface area contributed by atoms with E-state index in [1.54, 1.807) is 0 Å². The molecule has 4 N–H and O–H groups in total. The Hall–Kier alpha value is -4.46. The summed E-state index contributed by atoms with van der Waals surface area (Å²) in [6, 6.07) is 12.4. The average Bonchev–Trinajstić information content (AvgIpc) is 3.57. The molecule has 0 amide bonds. The van der Waals surface area contributed by atoms with Crippen molar-refractivity contribution in [2.24, 2.45) is 0 Å². The van der Waals surface area contributed by atoms with E-state index in [2.05, 4.69) is 48.1 Å². The van der Waals surface area contributed by atoms with E-state index in [4.69, 9.17) is 9.97 Å². The Kier molecular flexibility index (Phi) is 7.43. The fraction of sp³-hybridized carbons (Fsp3) is 0.312. The minimum atomic E-state index is -0.817. The number of allylic oxidation sites excluding steroid dienone is 4. The lowest BCUT2D eigenvalue weighted by Crippen LogP contribution is -1.95. The van der Waals surface area contributed by atoms with Gasteiger partial charge in [0.1, 0.15) is 0 Å². The molecule has 0 saturated heterocycles. The molecule has 2 aliphatic heterocycles. The zero-order chi connectivity index (χ0) is 28.6. The third-order valence-electron chi connectivity index (χ3n) is 7.71. The molecule has 0 spiro atoms. The van der Waals surface area contributed by atoms with Crippen LogP contribution in [0.15, 0.2) is 36.4 Å². The van der Waals surface area contributed by atoms with Gasteiger partial charge in [-0.2, -0.15) is 0 Å². The first kappa shape index (κ1) is 27.1. The number of carboxylic acids is 2. The van der Waals surface area contributed by atoms with Gasteiger partial charge in [-0.15, -0.1) is 0 Å². The van der Waals surface area contributed by atoms with Crippen molar-refractivity contribution in [3.8, 4) is 0 Å². The highest BCUT2D eigenvalue weighted by Crippen LogP contribution is 2.37. The molecule has 3 aromatic heterocycles. The lowest BCUT2D eigenvalue weighted by atomic mass is 9.97. The standard InChI is InChI=1S/C32H34N4O4/c1-17-11-22-14-27-19(3)23(7-5-9-31(37)38)29(35-27)16-30-24(8-6-10-32(39)40)20(4)28(36-30)15-26-18(2)12-21(34-26)13-25(17)33-22/h11-16,33-34H,5-10H2,1-4H3,(H,37,38)(H,39,40). The van der Waals surface area contributed by atoms with Crippen LogP contribution in [-0.2, 0) is 9.59 Å². The molecule has 0 atom stereocenters. The molecule has 3 aromatic rings. The van der Waals surface area contributed by atoms with Crippen molar-refractivity contribution in [2.75, 3.05) is 0 Å². The van der Waals surface area contributed by atoms with Gasteiger partial charge in [-0.3, -0.25) is 9.59 Å². The third kappa shape index (κ3) is 5.61. The number of hydrogen-bond donors (Lipinski definition) is 4. The number of fused-ring (bicyclic) bond motifs is 8. The van der Waals surface area contributed by atoms with Crippen molar-refractivity contribution in [3.05, 3.63) is 70.3 Å². The van der Waals surface area contributed by atoms with Crippen LogP contribution in [0, 0.1) is 13.8 Å². The van der Waals surface area contributed by atoms with Gasteiger partial charge in [-0.05, 0) is 123 Å². The first-order valence-corrected chi connectivity index (χ1v) is 13.6. The van der Waals surface area contributed by atoms with Crippen LogP contribution >= 0.6 is 0 Å². The normalized spacial score (nSPS) is 13.3. The quantitative estimate of drug-likeness (QED) is 0.238. The summed E-state index contributed by atoms with van der Waals surface area (Å²) in [5.41, 5.74) is 13.4. The number of carbonyl (C=O) groups is 2. The van der Waals surface area contributed by atoms with Crippen molar-refractivity contribution >= 4 is 56.3 Å². The summed E-state index contributed by atoms with van der Waals surface area (Å²) in [7, 11) is 0. The summed E-state index contributed by atoms with van der Waals surface area (Å²) in [6.45, 7) is 8.20. The van der Waals surface area contributed by atoms with Crippen LogP contribution in [0.3, 0.4) is 0 Å². The van der Waals surface area contributed by atoms with E-state index in [0.717, 1.165) is 78.3 Å². The second kappa shape index (κ2) is 11.0. The molecule has 0 unspecified atom stereocenters. The molecule has 8 nitrogen and oxygen atoms in total. The number of aryl methyl sites for hydroxylation is 2. The Morgan fingerprint density at radius 3 is 1.57 bits per heavy atom. The Balaban J connectivity index is 1.77. The lowest BCUT2D eigenvalue weighted by molar-refractivity contribution is -0.138. The highest BCUT2D eigenvalue weighted by molar-refractivity contribution is 5.95. The van der Waals surface area contributed by atoms with Gasteiger partial charge in [0.15, 0.2) is 0 Å². The Morgan fingerprint density at radius 2 is 1.07 bits per heavy atom. The molecular formula is C32H34N4O4. The molecule has 0 fully saturated rings. The van der Waals surface area contributed by atoms with Crippen LogP contribution in [0.25, 0.3) is 44.4 Å². The van der Waals surface area contributed by atoms with Crippen molar-refractivity contribution in [1.82, 2.24) is 19.9 Å². The SMILES string of the molecule is CC1=C(CCCC(=O)O)c2cc3nc(cc4[nH]c(cc4C)cc4[nH]c(cc1n2)cc4C)C(C)=C3CCCC(=O)O. The maximum absolute atomic E-state index is 11.2. The summed E-state index contributed by atoms with van der Waals surface area (Å²) < 4.78 is 0. The summed E-state index contributed by atoms with van der Waals surface area (Å²) in [5.74, 6) is -1.63. The van der Waals surface area contributed by atoms with E-state index in [-0.39, 0.29) is 12.8 Å². The van der Waals surface area contributed by atoms with Gasteiger partial charge in [0.2, 0.25) is 0 Å². The van der Waals surface area contributed by atoms with Gasteiger partial charge >= 0.3 is 11.9 Å². The highest BCUT2D eigenvalue weighted by Gasteiger charge is 2.21. The number of aliphatic carboxylic acids is 2. The Morgan fingerprint density at radius 1 is 0.625 bits per heavy atom. The van der Waals surface area contributed by atoms with Crippen molar-refractivity contribution in [3.63, 3.8) is 0 Å². The van der Waals surface area contributed by atoms with Crippen LogP contribution in [-0.4, -0.2) is 42.1 Å². The maximum atomic E-state index is 11.2. The van der Waals surface area contributed by atoms with Gasteiger partial charge in [-0.1, -0.05) is 0 Å². The van der Waals surface area contributed by atoms with Crippen LogP contribution in [0.1, 0.15) is 86.3 Å². The summed E-state index contributed by atoms with van der Waals surface area (Å²) in [6.07, 6.45) is 2.37. The first-order valence-electron chi connectivity index (χ1n) is 13.6.